The minimum absolute atomic E-state index is 1.36. The van der Waals surface area contributed by atoms with Gasteiger partial charge in [0.2, 0.25) is 0 Å². The molecule has 34 heavy (non-hydrogen) atoms. The lowest BCUT2D eigenvalue weighted by molar-refractivity contribution is 1.72. The normalized spacial score (nSPS) is 13.0. The second-order valence-corrected chi connectivity index (χ2v) is 22.0. The molecule has 0 amide bonds. The first-order valence-electron chi connectivity index (χ1n) is 12.4. The number of hydrogen-bond donors (Lipinski definition) is 0. The maximum absolute atomic E-state index is 2.52. The van der Waals surface area contributed by atoms with Gasteiger partial charge in [0, 0.05) is 0 Å². The number of benzene rings is 6. The van der Waals surface area contributed by atoms with Gasteiger partial charge in [-0.1, -0.05) is 135 Å². The molecule has 0 radical (unpaired) electrons. The van der Waals surface area contributed by atoms with Gasteiger partial charge in [-0.05, 0) is 53.9 Å². The molecule has 6 aromatic carbocycles. The molecule has 0 nitrogen and oxygen atoms in total. The van der Waals surface area contributed by atoms with Gasteiger partial charge in [-0.25, -0.2) is 0 Å². The molecule has 168 valence electrons. The summed E-state index contributed by atoms with van der Waals surface area (Å²) in [6.45, 7) is 14.7. The minimum atomic E-state index is -1.45. The van der Waals surface area contributed by atoms with Gasteiger partial charge in [0.1, 0.15) is 0 Å². The van der Waals surface area contributed by atoms with Crippen molar-refractivity contribution >= 4 is 80.4 Å². The summed E-state index contributed by atoms with van der Waals surface area (Å²) < 4.78 is 0. The van der Waals surface area contributed by atoms with E-state index in [1.54, 1.807) is 0 Å². The van der Waals surface area contributed by atoms with Crippen LogP contribution in [0.1, 0.15) is 0 Å². The van der Waals surface area contributed by atoms with Gasteiger partial charge in [0.25, 0.3) is 0 Å². The van der Waals surface area contributed by atoms with E-state index in [1.165, 1.54) is 64.2 Å². The van der Waals surface area contributed by atoms with Crippen LogP contribution in [0, 0.1) is 0 Å². The molecule has 6 aromatic rings. The molecule has 0 bridgehead atoms. The van der Waals surface area contributed by atoms with E-state index < -0.39 is 16.1 Å². The smallest absolute Gasteiger partial charge is 0.0656 e. The molecule has 0 atom stereocenters. The molecular weight excluding hydrogens is 441 g/mol. The van der Waals surface area contributed by atoms with E-state index in [2.05, 4.69) is 124 Å². The fourth-order valence-corrected chi connectivity index (χ4v) is 7.93. The minimum Gasteiger partial charge on any atom is -0.0656 e. The lowest BCUT2D eigenvalue weighted by Crippen LogP contribution is -2.37. The zero-order chi connectivity index (χ0) is 23.8. The van der Waals surface area contributed by atoms with Crippen molar-refractivity contribution in [3.8, 4) is 0 Å². The SMILES string of the molecule is C[Si](C)(C)c1ccc2c3ccccc3c3c4cc([Si](C)(C)C)ccc4c4ccccc4c3c2c1. The van der Waals surface area contributed by atoms with Crippen molar-refractivity contribution in [3.05, 3.63) is 84.9 Å². The predicted molar refractivity (Wildman–Crippen MR) is 160 cm³/mol. The molecule has 0 N–H and O–H groups in total. The number of hydrogen-bond acceptors (Lipinski definition) is 0. The monoisotopic (exact) mass is 472 g/mol. The van der Waals surface area contributed by atoms with E-state index in [9.17, 15) is 0 Å². The number of fused-ring (bicyclic) bond motifs is 11. The van der Waals surface area contributed by atoms with Crippen LogP contribution in [0.5, 0.6) is 0 Å². The summed E-state index contributed by atoms with van der Waals surface area (Å²) >= 11 is 0. The lowest BCUT2D eigenvalue weighted by Gasteiger charge is -2.22. The zero-order valence-electron chi connectivity index (χ0n) is 21.1. The van der Waals surface area contributed by atoms with Gasteiger partial charge in [-0.2, -0.15) is 0 Å². The Bertz CT molecular complexity index is 1630. The van der Waals surface area contributed by atoms with Gasteiger partial charge >= 0.3 is 0 Å². The van der Waals surface area contributed by atoms with E-state index in [0.29, 0.717) is 0 Å². The third kappa shape index (κ3) is 3.16. The van der Waals surface area contributed by atoms with E-state index in [4.69, 9.17) is 0 Å². The van der Waals surface area contributed by atoms with Crippen molar-refractivity contribution in [1.29, 1.82) is 0 Å². The third-order valence-electron chi connectivity index (χ3n) is 7.53. The summed E-state index contributed by atoms with van der Waals surface area (Å²) in [4.78, 5) is 0. The lowest BCUT2D eigenvalue weighted by atomic mass is 9.87. The highest BCUT2D eigenvalue weighted by atomic mass is 28.3. The Labute approximate surface area is 204 Å². The molecule has 0 heterocycles. The van der Waals surface area contributed by atoms with Crippen LogP contribution in [0.2, 0.25) is 39.3 Å². The van der Waals surface area contributed by atoms with E-state index >= 15 is 0 Å². The average molecular weight is 473 g/mol. The summed E-state index contributed by atoms with van der Waals surface area (Å²) in [6.07, 6.45) is 0. The maximum atomic E-state index is 2.52. The Kier molecular flexibility index (Phi) is 4.62. The topological polar surface area (TPSA) is 0 Å². The molecular formula is C32H32Si2. The van der Waals surface area contributed by atoms with Crippen LogP contribution < -0.4 is 10.4 Å². The largest absolute Gasteiger partial charge is 0.0776 e. The fourth-order valence-electron chi connectivity index (χ4n) is 5.61. The third-order valence-corrected chi connectivity index (χ3v) is 11.6. The Hall–Kier alpha value is -2.95. The molecule has 0 aliphatic heterocycles. The van der Waals surface area contributed by atoms with Gasteiger partial charge in [-0.15, -0.1) is 0 Å². The Morgan fingerprint density at radius 1 is 0.353 bits per heavy atom. The van der Waals surface area contributed by atoms with E-state index in [-0.39, 0.29) is 0 Å². The highest BCUT2D eigenvalue weighted by Crippen LogP contribution is 2.43. The highest BCUT2D eigenvalue weighted by Gasteiger charge is 2.22. The van der Waals surface area contributed by atoms with Gasteiger partial charge in [0.15, 0.2) is 0 Å². The van der Waals surface area contributed by atoms with Crippen LogP contribution in [-0.2, 0) is 0 Å². The number of rotatable bonds is 2. The Morgan fingerprint density at radius 3 is 1.03 bits per heavy atom. The molecule has 0 spiro atoms. The molecule has 0 saturated heterocycles. The first-order chi connectivity index (χ1) is 16.1. The summed E-state index contributed by atoms with van der Waals surface area (Å²) in [7, 11) is -2.91. The zero-order valence-corrected chi connectivity index (χ0v) is 23.1. The molecule has 0 fully saturated rings. The summed E-state index contributed by atoms with van der Waals surface area (Å²) in [5.74, 6) is 0. The van der Waals surface area contributed by atoms with Crippen LogP contribution in [0.3, 0.4) is 0 Å². The van der Waals surface area contributed by atoms with Crippen LogP contribution in [-0.4, -0.2) is 16.1 Å². The van der Waals surface area contributed by atoms with Crippen molar-refractivity contribution in [1.82, 2.24) is 0 Å². The fraction of sp³-hybridized carbons (Fsp3) is 0.188. The molecule has 0 aliphatic carbocycles. The van der Waals surface area contributed by atoms with Crippen LogP contribution >= 0.6 is 0 Å². The summed E-state index contributed by atoms with van der Waals surface area (Å²) in [6, 6.07) is 32.7. The molecule has 0 saturated carbocycles. The summed E-state index contributed by atoms with van der Waals surface area (Å²) in [5, 5.41) is 16.9. The second kappa shape index (κ2) is 7.27. The first-order valence-corrected chi connectivity index (χ1v) is 19.4. The van der Waals surface area contributed by atoms with Crippen molar-refractivity contribution in [2.75, 3.05) is 0 Å². The van der Waals surface area contributed by atoms with Crippen molar-refractivity contribution in [2.45, 2.75) is 39.3 Å². The molecule has 2 heteroatoms. The molecule has 0 aliphatic rings. The van der Waals surface area contributed by atoms with Gasteiger partial charge in [-0.3, -0.25) is 0 Å². The van der Waals surface area contributed by atoms with Crippen molar-refractivity contribution < 1.29 is 0 Å². The average Bonchev–Trinajstić information content (AvgIpc) is 2.82. The van der Waals surface area contributed by atoms with Crippen molar-refractivity contribution in [3.63, 3.8) is 0 Å². The van der Waals surface area contributed by atoms with Crippen LogP contribution in [0.4, 0.5) is 0 Å². The standard InChI is InChI=1S/C32H32Si2/c1-33(2,3)21-15-17-25-23-11-7-10-14-28(23)32-30-20-22(34(4,5)6)16-18-26(30)24-12-8-9-13-27(24)31(32)29(25)19-21/h7-20H,1-6H3. The molecule has 0 unspecified atom stereocenters. The Balaban J connectivity index is 1.99. The quantitative estimate of drug-likeness (QED) is 0.175. The van der Waals surface area contributed by atoms with E-state index in [1.807, 2.05) is 0 Å². The molecule has 6 rings (SSSR count). The van der Waals surface area contributed by atoms with Crippen LogP contribution in [0.25, 0.3) is 53.9 Å². The molecule has 0 aromatic heterocycles. The maximum Gasteiger partial charge on any atom is 0.0776 e. The first kappa shape index (κ1) is 21.6. The van der Waals surface area contributed by atoms with Crippen LogP contribution in [0.15, 0.2) is 84.9 Å². The Morgan fingerprint density at radius 2 is 0.676 bits per heavy atom. The summed E-state index contributed by atoms with van der Waals surface area (Å²) in [5.41, 5.74) is 0. The predicted octanol–water partition coefficient (Wildman–Crippen LogP) is 8.54. The van der Waals surface area contributed by atoms with Gasteiger partial charge < -0.3 is 0 Å². The van der Waals surface area contributed by atoms with Gasteiger partial charge in [0.05, 0.1) is 16.1 Å². The highest BCUT2D eigenvalue weighted by molar-refractivity contribution is 6.89. The van der Waals surface area contributed by atoms with E-state index in [0.717, 1.165) is 0 Å². The second-order valence-electron chi connectivity index (χ2n) is 11.9. The van der Waals surface area contributed by atoms with Crippen molar-refractivity contribution in [2.24, 2.45) is 0 Å².